The summed E-state index contributed by atoms with van der Waals surface area (Å²) in [6.07, 6.45) is 0. The molecule has 0 heterocycles. The fourth-order valence-corrected chi connectivity index (χ4v) is 1.92. The molecule has 0 aliphatic rings. The monoisotopic (exact) mass is 302 g/mol. The third kappa shape index (κ3) is 3.09. The summed E-state index contributed by atoms with van der Waals surface area (Å²) in [5.74, 6) is 1.07. The molecule has 0 aliphatic carbocycles. The fourth-order valence-electron chi connectivity index (χ4n) is 1.44. The highest BCUT2D eigenvalue weighted by Gasteiger charge is 2.06. The van der Waals surface area contributed by atoms with E-state index in [1.54, 1.807) is 36.4 Å². The van der Waals surface area contributed by atoms with Crippen LogP contribution in [0, 0.1) is 0 Å². The Kier molecular flexibility index (Phi) is 4.36. The number of rotatable bonds is 3. The Bertz CT molecular complexity index is 570. The molecular weight excluding hydrogens is 294 g/mol. The SMILES string of the molecule is OCc1cc(Cl)ccc1Oc1ccc(Cl)c(Cl)c1. The van der Waals surface area contributed by atoms with Gasteiger partial charge in [0.1, 0.15) is 11.5 Å². The second-order valence-electron chi connectivity index (χ2n) is 3.59. The molecule has 1 N–H and O–H groups in total. The van der Waals surface area contributed by atoms with Crippen molar-refractivity contribution in [3.05, 3.63) is 57.0 Å². The van der Waals surface area contributed by atoms with E-state index in [0.717, 1.165) is 0 Å². The van der Waals surface area contributed by atoms with E-state index in [1.807, 2.05) is 0 Å². The Balaban J connectivity index is 2.30. The van der Waals surface area contributed by atoms with Crippen LogP contribution in [0.1, 0.15) is 5.56 Å². The van der Waals surface area contributed by atoms with Gasteiger partial charge in [0.2, 0.25) is 0 Å². The molecule has 2 nitrogen and oxygen atoms in total. The number of aliphatic hydroxyl groups is 1. The first-order valence-electron chi connectivity index (χ1n) is 5.12. The second-order valence-corrected chi connectivity index (χ2v) is 4.84. The molecule has 0 saturated heterocycles. The highest BCUT2D eigenvalue weighted by Crippen LogP contribution is 2.31. The summed E-state index contributed by atoms with van der Waals surface area (Å²) in [5.41, 5.74) is 0.605. The topological polar surface area (TPSA) is 29.5 Å². The Morgan fingerprint density at radius 3 is 2.39 bits per heavy atom. The van der Waals surface area contributed by atoms with Gasteiger partial charge in [-0.25, -0.2) is 0 Å². The minimum Gasteiger partial charge on any atom is -0.457 e. The molecule has 0 saturated carbocycles. The molecule has 2 aromatic carbocycles. The van der Waals surface area contributed by atoms with Gasteiger partial charge in [-0.3, -0.25) is 0 Å². The Morgan fingerprint density at radius 1 is 0.944 bits per heavy atom. The molecule has 0 spiro atoms. The van der Waals surface area contributed by atoms with Crippen LogP contribution in [0.5, 0.6) is 11.5 Å². The zero-order valence-corrected chi connectivity index (χ0v) is 11.4. The molecule has 94 valence electrons. The van der Waals surface area contributed by atoms with Crippen LogP contribution in [0.2, 0.25) is 15.1 Å². The quantitative estimate of drug-likeness (QED) is 0.871. The first kappa shape index (κ1) is 13.5. The van der Waals surface area contributed by atoms with Crippen LogP contribution in [0.15, 0.2) is 36.4 Å². The van der Waals surface area contributed by atoms with E-state index in [9.17, 15) is 5.11 Å². The van der Waals surface area contributed by atoms with E-state index in [4.69, 9.17) is 39.5 Å². The molecule has 2 aromatic rings. The molecule has 0 aliphatic heterocycles. The highest BCUT2D eigenvalue weighted by atomic mass is 35.5. The first-order valence-corrected chi connectivity index (χ1v) is 6.25. The maximum atomic E-state index is 9.23. The number of benzene rings is 2. The van der Waals surface area contributed by atoms with Crippen LogP contribution in [0.25, 0.3) is 0 Å². The largest absolute Gasteiger partial charge is 0.457 e. The second kappa shape index (κ2) is 5.81. The molecule has 2 rings (SSSR count). The van der Waals surface area contributed by atoms with Gasteiger partial charge in [-0.15, -0.1) is 0 Å². The summed E-state index contributed by atoms with van der Waals surface area (Å²) >= 11 is 17.6. The molecule has 18 heavy (non-hydrogen) atoms. The lowest BCUT2D eigenvalue weighted by Crippen LogP contribution is -1.91. The van der Waals surface area contributed by atoms with E-state index in [2.05, 4.69) is 0 Å². The van der Waals surface area contributed by atoms with Crippen LogP contribution in [0.4, 0.5) is 0 Å². The van der Waals surface area contributed by atoms with Crippen molar-refractivity contribution in [3.8, 4) is 11.5 Å². The highest BCUT2D eigenvalue weighted by molar-refractivity contribution is 6.42. The van der Waals surface area contributed by atoms with Crippen molar-refractivity contribution < 1.29 is 9.84 Å². The molecule has 0 amide bonds. The Morgan fingerprint density at radius 2 is 1.72 bits per heavy atom. The number of halogens is 3. The van der Waals surface area contributed by atoms with Gasteiger partial charge in [-0.1, -0.05) is 34.8 Å². The first-order chi connectivity index (χ1) is 8.60. The maximum absolute atomic E-state index is 9.23. The summed E-state index contributed by atoms with van der Waals surface area (Å²) in [7, 11) is 0. The van der Waals surface area contributed by atoms with Gasteiger partial charge >= 0.3 is 0 Å². The third-order valence-electron chi connectivity index (χ3n) is 2.31. The number of hydrogen-bond donors (Lipinski definition) is 1. The van der Waals surface area contributed by atoms with Gasteiger partial charge < -0.3 is 9.84 Å². The van der Waals surface area contributed by atoms with Gasteiger partial charge in [-0.05, 0) is 30.3 Å². The molecule has 0 unspecified atom stereocenters. The van der Waals surface area contributed by atoms with Gasteiger partial charge in [0.05, 0.1) is 16.7 Å². The lowest BCUT2D eigenvalue weighted by molar-refractivity contribution is 0.276. The maximum Gasteiger partial charge on any atom is 0.133 e. The molecule has 0 atom stereocenters. The molecule has 5 heteroatoms. The van der Waals surface area contributed by atoms with E-state index in [1.165, 1.54) is 0 Å². The molecule has 0 fully saturated rings. The lowest BCUT2D eigenvalue weighted by atomic mass is 10.2. The van der Waals surface area contributed by atoms with Crippen LogP contribution in [-0.2, 0) is 6.61 Å². The van der Waals surface area contributed by atoms with E-state index in [0.29, 0.717) is 32.1 Å². The van der Waals surface area contributed by atoms with Gasteiger partial charge in [0.25, 0.3) is 0 Å². The zero-order valence-electron chi connectivity index (χ0n) is 9.16. The smallest absolute Gasteiger partial charge is 0.133 e. The fraction of sp³-hybridized carbons (Fsp3) is 0.0769. The van der Waals surface area contributed by atoms with Crippen LogP contribution in [-0.4, -0.2) is 5.11 Å². The van der Waals surface area contributed by atoms with Gasteiger partial charge in [-0.2, -0.15) is 0 Å². The summed E-state index contributed by atoms with van der Waals surface area (Å²) in [6, 6.07) is 9.98. The standard InChI is InChI=1S/C13H9Cl3O2/c14-9-1-4-13(8(5-9)7-17)18-10-2-3-11(15)12(16)6-10/h1-6,17H,7H2. The number of hydrogen-bond acceptors (Lipinski definition) is 2. The van der Waals surface area contributed by atoms with E-state index < -0.39 is 0 Å². The normalized spacial score (nSPS) is 10.4. The van der Waals surface area contributed by atoms with Crippen LogP contribution < -0.4 is 4.74 Å². The molecule has 0 aromatic heterocycles. The zero-order chi connectivity index (χ0) is 13.1. The molecule has 0 radical (unpaired) electrons. The Hall–Kier alpha value is -0.930. The minimum atomic E-state index is -0.156. The third-order valence-corrected chi connectivity index (χ3v) is 3.29. The lowest BCUT2D eigenvalue weighted by Gasteiger charge is -2.10. The van der Waals surface area contributed by atoms with E-state index in [-0.39, 0.29) is 6.61 Å². The van der Waals surface area contributed by atoms with E-state index >= 15 is 0 Å². The summed E-state index contributed by atoms with van der Waals surface area (Å²) in [6.45, 7) is -0.156. The van der Waals surface area contributed by atoms with Crippen molar-refractivity contribution in [3.63, 3.8) is 0 Å². The van der Waals surface area contributed by atoms with Crippen LogP contribution in [0.3, 0.4) is 0 Å². The van der Waals surface area contributed by atoms with Crippen molar-refractivity contribution in [2.45, 2.75) is 6.61 Å². The van der Waals surface area contributed by atoms with Gasteiger partial charge in [0, 0.05) is 16.7 Å². The predicted molar refractivity (Wildman–Crippen MR) is 73.9 cm³/mol. The summed E-state index contributed by atoms with van der Waals surface area (Å²) in [4.78, 5) is 0. The molecule has 0 bridgehead atoms. The predicted octanol–water partition coefficient (Wildman–Crippen LogP) is 4.93. The van der Waals surface area contributed by atoms with Crippen molar-refractivity contribution in [1.82, 2.24) is 0 Å². The van der Waals surface area contributed by atoms with Crippen LogP contribution >= 0.6 is 34.8 Å². The average Bonchev–Trinajstić information content (AvgIpc) is 2.36. The van der Waals surface area contributed by atoms with Crippen molar-refractivity contribution >= 4 is 34.8 Å². The van der Waals surface area contributed by atoms with Gasteiger partial charge in [0.15, 0.2) is 0 Å². The van der Waals surface area contributed by atoms with Crippen molar-refractivity contribution in [2.24, 2.45) is 0 Å². The van der Waals surface area contributed by atoms with Crippen molar-refractivity contribution in [1.29, 1.82) is 0 Å². The van der Waals surface area contributed by atoms with Crippen molar-refractivity contribution in [2.75, 3.05) is 0 Å². The summed E-state index contributed by atoms with van der Waals surface area (Å²) < 4.78 is 5.63. The minimum absolute atomic E-state index is 0.156. The Labute approximate surface area is 120 Å². The number of aliphatic hydroxyl groups excluding tert-OH is 1. The average molecular weight is 304 g/mol. The molecular formula is C13H9Cl3O2. The summed E-state index contributed by atoms with van der Waals surface area (Å²) in [5, 5.41) is 10.6. The number of ether oxygens (including phenoxy) is 1.